The molecule has 13 heteroatoms. The predicted molar refractivity (Wildman–Crippen MR) is 122 cm³/mol. The smallest absolute Gasteiger partial charge is 0.350 e. The van der Waals surface area contributed by atoms with E-state index in [9.17, 15) is 30.8 Å². The summed E-state index contributed by atoms with van der Waals surface area (Å²) in [5, 5.41) is 6.46. The van der Waals surface area contributed by atoms with Gasteiger partial charge in [0, 0.05) is 5.25 Å². The number of sulfonamides is 1. The quantitative estimate of drug-likeness (QED) is 0.492. The third-order valence-electron chi connectivity index (χ3n) is 5.46. The van der Waals surface area contributed by atoms with Gasteiger partial charge in [0.05, 0.1) is 30.1 Å². The number of nitrogens with one attached hydrogen (secondary N) is 2. The van der Waals surface area contributed by atoms with Crippen molar-refractivity contribution in [2.75, 3.05) is 11.0 Å². The molecule has 188 valence electrons. The summed E-state index contributed by atoms with van der Waals surface area (Å²) in [4.78, 5) is 12.6. The van der Waals surface area contributed by atoms with E-state index in [1.165, 1.54) is 35.1 Å². The van der Waals surface area contributed by atoms with Gasteiger partial charge >= 0.3 is 6.18 Å². The first-order valence-electron chi connectivity index (χ1n) is 10.7. The fraction of sp³-hybridized carbons (Fsp3) is 0.524. The Morgan fingerprint density at radius 3 is 2.50 bits per heavy atom. The molecule has 1 saturated carbocycles. The summed E-state index contributed by atoms with van der Waals surface area (Å²) in [6.07, 6.45) is 1.21. The molecular formula is C21H26F4N4O3S2. The first-order chi connectivity index (χ1) is 15.8. The first-order valence-corrected chi connectivity index (χ1v) is 13.4. The number of carbonyl (C=O) groups excluding carboxylic acids is 1. The lowest BCUT2D eigenvalue weighted by Crippen LogP contribution is -2.28. The highest BCUT2D eigenvalue weighted by molar-refractivity contribution is 7.98. The van der Waals surface area contributed by atoms with E-state index in [0.717, 1.165) is 50.5 Å². The zero-order valence-electron chi connectivity index (χ0n) is 18.7. The molecule has 1 aliphatic carbocycles. The number of halogens is 4. The lowest BCUT2D eigenvalue weighted by Gasteiger charge is -2.21. The molecule has 0 spiro atoms. The number of amides is 1. The Balaban J connectivity index is 1.70. The summed E-state index contributed by atoms with van der Waals surface area (Å²) in [5.41, 5.74) is -0.774. The van der Waals surface area contributed by atoms with Gasteiger partial charge in [0.1, 0.15) is 5.82 Å². The average Bonchev–Trinajstić information content (AvgIpc) is 3.16. The van der Waals surface area contributed by atoms with Gasteiger partial charge in [-0.25, -0.2) is 16.9 Å². The summed E-state index contributed by atoms with van der Waals surface area (Å²) >= 11 is 1.24. The number of anilines is 1. The lowest BCUT2D eigenvalue weighted by atomic mass is 10.00. The molecule has 0 bridgehead atoms. The molecule has 34 heavy (non-hydrogen) atoms. The second kappa shape index (κ2) is 10.5. The van der Waals surface area contributed by atoms with Gasteiger partial charge in [-0.05, 0) is 55.5 Å². The van der Waals surface area contributed by atoms with Crippen LogP contribution < -0.4 is 10.0 Å². The first kappa shape index (κ1) is 26.3. The Kier molecular flexibility index (Phi) is 8.17. The molecule has 1 atom stereocenters. The normalized spacial score (nSPS) is 16.3. The number of hydrogen-bond acceptors (Lipinski definition) is 5. The Hall–Kier alpha value is -2.28. The zero-order valence-corrected chi connectivity index (χ0v) is 20.3. The van der Waals surface area contributed by atoms with E-state index in [-0.39, 0.29) is 28.7 Å². The van der Waals surface area contributed by atoms with Crippen molar-refractivity contribution in [3.63, 3.8) is 0 Å². The van der Waals surface area contributed by atoms with E-state index < -0.39 is 39.5 Å². The van der Waals surface area contributed by atoms with Crippen LogP contribution in [0.3, 0.4) is 0 Å². The minimum atomic E-state index is -4.61. The minimum Gasteiger partial charge on any atom is -0.350 e. The highest BCUT2D eigenvalue weighted by Crippen LogP contribution is 2.33. The SMILES string of the molecule is CC(C(=O)NCc1cc(C(F)(F)F)nn1SC1CCCCC1)c1ccc(NS(C)(=O)=O)c(F)c1. The highest BCUT2D eigenvalue weighted by Gasteiger charge is 2.35. The zero-order chi connectivity index (χ0) is 25.1. The molecular weight excluding hydrogens is 496 g/mol. The maximum absolute atomic E-state index is 14.3. The number of aromatic nitrogens is 2. The molecule has 7 nitrogen and oxygen atoms in total. The molecule has 1 aromatic carbocycles. The second-order valence-electron chi connectivity index (χ2n) is 8.31. The summed E-state index contributed by atoms with van der Waals surface area (Å²) in [7, 11) is -3.67. The molecule has 0 saturated heterocycles. The van der Waals surface area contributed by atoms with Gasteiger partial charge in [0.2, 0.25) is 15.9 Å². The van der Waals surface area contributed by atoms with Crippen LogP contribution in [0, 0.1) is 5.82 Å². The molecule has 1 aliphatic rings. The van der Waals surface area contributed by atoms with Crippen molar-refractivity contribution >= 4 is 33.6 Å². The molecule has 2 N–H and O–H groups in total. The molecule has 2 aromatic rings. The number of nitrogens with zero attached hydrogens (tertiary/aromatic N) is 2. The molecule has 0 radical (unpaired) electrons. The molecule has 3 rings (SSSR count). The van der Waals surface area contributed by atoms with Crippen LogP contribution in [-0.4, -0.2) is 35.0 Å². The number of hydrogen-bond donors (Lipinski definition) is 2. The molecule has 1 fully saturated rings. The Bertz CT molecular complexity index is 1130. The Morgan fingerprint density at radius 2 is 1.91 bits per heavy atom. The molecule has 1 amide bonds. The molecule has 1 unspecified atom stereocenters. The van der Waals surface area contributed by atoms with Gasteiger partial charge in [-0.2, -0.15) is 18.3 Å². The average molecular weight is 523 g/mol. The number of carbonyl (C=O) groups is 1. The van der Waals surface area contributed by atoms with Crippen molar-refractivity contribution in [2.45, 2.75) is 62.9 Å². The van der Waals surface area contributed by atoms with Gasteiger partial charge < -0.3 is 5.32 Å². The highest BCUT2D eigenvalue weighted by atomic mass is 32.2. The third kappa shape index (κ3) is 7.11. The summed E-state index contributed by atoms with van der Waals surface area (Å²) in [5.74, 6) is -2.20. The predicted octanol–water partition coefficient (Wildman–Crippen LogP) is 4.66. The van der Waals surface area contributed by atoms with Crippen LogP contribution in [0.1, 0.15) is 61.9 Å². The van der Waals surface area contributed by atoms with Crippen LogP contribution in [0.25, 0.3) is 0 Å². The van der Waals surface area contributed by atoms with E-state index in [0.29, 0.717) is 0 Å². The lowest BCUT2D eigenvalue weighted by molar-refractivity contribution is -0.141. The second-order valence-corrected chi connectivity index (χ2v) is 11.3. The summed E-state index contributed by atoms with van der Waals surface area (Å²) in [6.45, 7) is 1.34. The van der Waals surface area contributed by atoms with Gasteiger partial charge in [-0.15, -0.1) is 0 Å². The van der Waals surface area contributed by atoms with E-state index >= 15 is 0 Å². The fourth-order valence-electron chi connectivity index (χ4n) is 3.63. The van der Waals surface area contributed by atoms with Crippen LogP contribution in [0.2, 0.25) is 0 Å². The van der Waals surface area contributed by atoms with Crippen molar-refractivity contribution in [1.29, 1.82) is 0 Å². The monoisotopic (exact) mass is 522 g/mol. The van der Waals surface area contributed by atoms with Crippen LogP contribution in [0.5, 0.6) is 0 Å². The van der Waals surface area contributed by atoms with Gasteiger partial charge in [0.15, 0.2) is 5.69 Å². The van der Waals surface area contributed by atoms with Crippen LogP contribution in [0.4, 0.5) is 23.2 Å². The Labute approximate surface area is 199 Å². The van der Waals surface area contributed by atoms with Gasteiger partial charge in [-0.3, -0.25) is 9.52 Å². The van der Waals surface area contributed by atoms with Crippen molar-refractivity contribution in [2.24, 2.45) is 0 Å². The number of alkyl halides is 3. The number of benzene rings is 1. The Morgan fingerprint density at radius 1 is 1.24 bits per heavy atom. The van der Waals surface area contributed by atoms with E-state index in [4.69, 9.17) is 0 Å². The molecule has 0 aliphatic heterocycles. The van der Waals surface area contributed by atoms with Crippen molar-refractivity contribution in [3.05, 3.63) is 47.0 Å². The van der Waals surface area contributed by atoms with Crippen LogP contribution in [0.15, 0.2) is 24.3 Å². The maximum atomic E-state index is 14.3. The van der Waals surface area contributed by atoms with Crippen molar-refractivity contribution in [3.8, 4) is 0 Å². The summed E-state index contributed by atoms with van der Waals surface area (Å²) in [6, 6.07) is 4.58. The van der Waals surface area contributed by atoms with Crippen LogP contribution >= 0.6 is 11.9 Å². The summed E-state index contributed by atoms with van der Waals surface area (Å²) < 4.78 is 79.8. The fourth-order valence-corrected chi connectivity index (χ4v) is 5.41. The van der Waals surface area contributed by atoms with Crippen molar-refractivity contribution < 1.29 is 30.8 Å². The van der Waals surface area contributed by atoms with Crippen molar-refractivity contribution in [1.82, 2.24) is 14.5 Å². The number of rotatable bonds is 8. The van der Waals surface area contributed by atoms with E-state index in [1.807, 2.05) is 4.72 Å². The van der Waals surface area contributed by atoms with Gasteiger partial charge in [0.25, 0.3) is 0 Å². The largest absolute Gasteiger partial charge is 0.435 e. The maximum Gasteiger partial charge on any atom is 0.435 e. The van der Waals surface area contributed by atoms with Crippen LogP contribution in [-0.2, 0) is 27.5 Å². The minimum absolute atomic E-state index is 0.158. The van der Waals surface area contributed by atoms with Gasteiger partial charge in [-0.1, -0.05) is 25.3 Å². The molecule has 1 aromatic heterocycles. The topological polar surface area (TPSA) is 93.1 Å². The third-order valence-corrected chi connectivity index (χ3v) is 7.34. The van der Waals surface area contributed by atoms with E-state index in [1.54, 1.807) is 0 Å². The standard InChI is InChI=1S/C21H26F4N4O3S2/c1-13(14-8-9-18(17(22)10-14)28-34(2,31)32)20(30)26-12-15-11-19(21(23,24)25)27-29(15)33-16-6-4-3-5-7-16/h8-11,13,16,28H,3-7,12H2,1-2H3,(H,26,30). The molecule has 1 heterocycles. The van der Waals surface area contributed by atoms with E-state index in [2.05, 4.69) is 10.4 Å².